The molecule has 0 N–H and O–H groups in total. The zero-order chi connectivity index (χ0) is 12.4. The van der Waals surface area contributed by atoms with Crippen molar-refractivity contribution in [2.75, 3.05) is 10.7 Å². The van der Waals surface area contributed by atoms with E-state index in [1.54, 1.807) is 6.07 Å². The SMILES string of the molecule is CCS[C@@H]1CC(=O)N(c2ccccc2Br)C1=O. The molecule has 2 amide bonds. The number of imide groups is 1. The fourth-order valence-corrected chi connectivity index (χ4v) is 3.19. The Morgan fingerprint density at radius 3 is 2.76 bits per heavy atom. The summed E-state index contributed by atoms with van der Waals surface area (Å²) in [6, 6.07) is 7.28. The zero-order valence-electron chi connectivity index (χ0n) is 9.35. The van der Waals surface area contributed by atoms with Gasteiger partial charge in [-0.05, 0) is 33.8 Å². The van der Waals surface area contributed by atoms with E-state index in [2.05, 4.69) is 15.9 Å². The molecule has 5 heteroatoms. The van der Waals surface area contributed by atoms with Crippen molar-refractivity contribution in [3.63, 3.8) is 0 Å². The van der Waals surface area contributed by atoms with Gasteiger partial charge in [-0.3, -0.25) is 9.59 Å². The maximum absolute atomic E-state index is 12.1. The number of halogens is 1. The summed E-state index contributed by atoms with van der Waals surface area (Å²) in [5.74, 6) is 0.620. The van der Waals surface area contributed by atoms with Gasteiger partial charge in [0.2, 0.25) is 11.8 Å². The predicted octanol–water partition coefficient (Wildman–Crippen LogP) is 2.83. The van der Waals surface area contributed by atoms with Crippen molar-refractivity contribution < 1.29 is 9.59 Å². The first-order chi connectivity index (χ1) is 8.15. The predicted molar refractivity (Wildman–Crippen MR) is 73.2 cm³/mol. The van der Waals surface area contributed by atoms with Crippen LogP contribution in [0.4, 0.5) is 5.69 Å². The van der Waals surface area contributed by atoms with Gasteiger partial charge in [0, 0.05) is 10.9 Å². The molecular formula is C12H12BrNO2S. The first kappa shape index (κ1) is 12.6. The smallest absolute Gasteiger partial charge is 0.247 e. The van der Waals surface area contributed by atoms with Gasteiger partial charge in [0.25, 0.3) is 0 Å². The minimum atomic E-state index is -0.223. The number of nitrogens with zero attached hydrogens (tertiary/aromatic N) is 1. The fourth-order valence-electron chi connectivity index (χ4n) is 1.82. The number of hydrogen-bond donors (Lipinski definition) is 0. The van der Waals surface area contributed by atoms with Crippen LogP contribution in [0.3, 0.4) is 0 Å². The molecular weight excluding hydrogens is 302 g/mol. The molecule has 1 atom stereocenters. The van der Waals surface area contributed by atoms with Gasteiger partial charge in [-0.15, -0.1) is 11.8 Å². The molecule has 1 heterocycles. The molecule has 0 unspecified atom stereocenters. The van der Waals surface area contributed by atoms with E-state index >= 15 is 0 Å². The van der Waals surface area contributed by atoms with Crippen LogP contribution in [0.2, 0.25) is 0 Å². The summed E-state index contributed by atoms with van der Waals surface area (Å²) in [5, 5.41) is -0.223. The molecule has 0 saturated carbocycles. The number of anilines is 1. The van der Waals surface area contributed by atoms with Gasteiger partial charge in [-0.1, -0.05) is 19.1 Å². The van der Waals surface area contributed by atoms with E-state index in [9.17, 15) is 9.59 Å². The van der Waals surface area contributed by atoms with E-state index in [1.807, 2.05) is 25.1 Å². The Labute approximate surface area is 113 Å². The first-order valence-electron chi connectivity index (χ1n) is 5.38. The third-order valence-electron chi connectivity index (χ3n) is 2.57. The molecule has 0 aliphatic carbocycles. The van der Waals surface area contributed by atoms with Crippen LogP contribution in [0, 0.1) is 0 Å². The molecule has 1 saturated heterocycles. The number of para-hydroxylation sites is 1. The molecule has 1 aliphatic rings. The Kier molecular flexibility index (Phi) is 3.89. The van der Waals surface area contributed by atoms with Crippen LogP contribution < -0.4 is 4.90 Å². The minimum absolute atomic E-state index is 0.103. The van der Waals surface area contributed by atoms with Crippen molar-refractivity contribution in [3.8, 4) is 0 Å². The van der Waals surface area contributed by atoms with E-state index in [4.69, 9.17) is 0 Å². The van der Waals surface area contributed by atoms with E-state index in [0.717, 1.165) is 10.2 Å². The number of amides is 2. The van der Waals surface area contributed by atoms with E-state index in [1.165, 1.54) is 16.7 Å². The monoisotopic (exact) mass is 313 g/mol. The van der Waals surface area contributed by atoms with Crippen LogP contribution in [0.5, 0.6) is 0 Å². The number of rotatable bonds is 3. The van der Waals surface area contributed by atoms with Crippen LogP contribution >= 0.6 is 27.7 Å². The Bertz CT molecular complexity index is 464. The third kappa shape index (κ3) is 2.40. The molecule has 3 nitrogen and oxygen atoms in total. The summed E-state index contributed by atoms with van der Waals surface area (Å²) in [5.41, 5.74) is 0.640. The quantitative estimate of drug-likeness (QED) is 0.805. The Morgan fingerprint density at radius 2 is 2.12 bits per heavy atom. The molecule has 0 spiro atoms. The van der Waals surface area contributed by atoms with Crippen molar-refractivity contribution in [2.24, 2.45) is 0 Å². The molecule has 1 aliphatic heterocycles. The molecule has 90 valence electrons. The zero-order valence-corrected chi connectivity index (χ0v) is 11.8. The minimum Gasteiger partial charge on any atom is -0.274 e. The number of benzene rings is 1. The van der Waals surface area contributed by atoms with Crippen molar-refractivity contribution >= 4 is 45.2 Å². The van der Waals surface area contributed by atoms with Gasteiger partial charge in [0.15, 0.2) is 0 Å². The average Bonchev–Trinajstić information content (AvgIpc) is 2.57. The van der Waals surface area contributed by atoms with E-state index in [0.29, 0.717) is 12.1 Å². The molecule has 17 heavy (non-hydrogen) atoms. The van der Waals surface area contributed by atoms with Crippen LogP contribution in [0.1, 0.15) is 13.3 Å². The van der Waals surface area contributed by atoms with E-state index < -0.39 is 0 Å². The molecule has 0 aromatic heterocycles. The standard InChI is InChI=1S/C12H12BrNO2S/c1-2-17-10-7-11(15)14(12(10)16)9-6-4-3-5-8(9)13/h3-6,10H,2,7H2,1H3/t10-/m1/s1. The van der Waals surface area contributed by atoms with Gasteiger partial charge < -0.3 is 0 Å². The van der Waals surface area contributed by atoms with E-state index in [-0.39, 0.29) is 17.1 Å². The molecule has 1 fully saturated rings. The molecule has 0 radical (unpaired) electrons. The highest BCUT2D eigenvalue weighted by molar-refractivity contribution is 9.10. The highest BCUT2D eigenvalue weighted by Gasteiger charge is 2.39. The number of hydrogen-bond acceptors (Lipinski definition) is 3. The normalized spacial score (nSPS) is 20.1. The number of thioether (sulfide) groups is 1. The maximum Gasteiger partial charge on any atom is 0.247 e. The van der Waals surface area contributed by atoms with Crippen LogP contribution in [-0.2, 0) is 9.59 Å². The summed E-state index contributed by atoms with van der Waals surface area (Å²) in [6.45, 7) is 1.99. The van der Waals surface area contributed by atoms with Crippen molar-refractivity contribution in [1.29, 1.82) is 0 Å². The van der Waals surface area contributed by atoms with Gasteiger partial charge in [0.1, 0.15) is 0 Å². The lowest BCUT2D eigenvalue weighted by Gasteiger charge is -2.16. The topological polar surface area (TPSA) is 37.4 Å². The molecule has 1 aromatic rings. The van der Waals surface area contributed by atoms with Crippen molar-refractivity contribution in [1.82, 2.24) is 0 Å². The lowest BCUT2D eigenvalue weighted by molar-refractivity contribution is -0.121. The lowest BCUT2D eigenvalue weighted by Crippen LogP contribution is -2.31. The molecule has 1 aromatic carbocycles. The van der Waals surface area contributed by atoms with Crippen molar-refractivity contribution in [3.05, 3.63) is 28.7 Å². The van der Waals surface area contributed by atoms with Gasteiger partial charge in [-0.25, -0.2) is 4.90 Å². The summed E-state index contributed by atoms with van der Waals surface area (Å²) in [6.07, 6.45) is 0.304. The molecule has 2 rings (SSSR count). The Morgan fingerprint density at radius 1 is 1.41 bits per heavy atom. The maximum atomic E-state index is 12.1. The second-order valence-corrected chi connectivity index (χ2v) is 6.00. The average molecular weight is 314 g/mol. The van der Waals surface area contributed by atoms with Gasteiger partial charge >= 0.3 is 0 Å². The van der Waals surface area contributed by atoms with Gasteiger partial charge in [0.05, 0.1) is 10.9 Å². The third-order valence-corrected chi connectivity index (χ3v) is 4.34. The van der Waals surface area contributed by atoms with Crippen molar-refractivity contribution in [2.45, 2.75) is 18.6 Å². The fraction of sp³-hybridized carbons (Fsp3) is 0.333. The second-order valence-electron chi connectivity index (χ2n) is 3.67. The molecule has 0 bridgehead atoms. The summed E-state index contributed by atoms with van der Waals surface area (Å²) < 4.78 is 0.767. The number of carbonyl (C=O) groups excluding carboxylic acids is 2. The Balaban J connectivity index is 2.31. The Hall–Kier alpha value is -0.810. The van der Waals surface area contributed by atoms with Gasteiger partial charge in [-0.2, -0.15) is 0 Å². The highest BCUT2D eigenvalue weighted by atomic mass is 79.9. The highest BCUT2D eigenvalue weighted by Crippen LogP contribution is 2.33. The van der Waals surface area contributed by atoms with Crippen LogP contribution in [-0.4, -0.2) is 22.8 Å². The lowest BCUT2D eigenvalue weighted by atomic mass is 10.3. The second kappa shape index (κ2) is 5.23. The number of carbonyl (C=O) groups is 2. The summed E-state index contributed by atoms with van der Waals surface area (Å²) >= 11 is 4.89. The largest absolute Gasteiger partial charge is 0.274 e. The summed E-state index contributed by atoms with van der Waals surface area (Å²) in [4.78, 5) is 25.3. The van der Waals surface area contributed by atoms with Crippen LogP contribution in [0.15, 0.2) is 28.7 Å². The van der Waals surface area contributed by atoms with Crippen LogP contribution in [0.25, 0.3) is 0 Å². The summed E-state index contributed by atoms with van der Waals surface area (Å²) in [7, 11) is 0. The first-order valence-corrected chi connectivity index (χ1v) is 7.22.